The summed E-state index contributed by atoms with van der Waals surface area (Å²) < 4.78 is 28.5. The summed E-state index contributed by atoms with van der Waals surface area (Å²) in [4.78, 5) is 51.3. The van der Waals surface area contributed by atoms with E-state index in [9.17, 15) is 34.5 Å². The van der Waals surface area contributed by atoms with Gasteiger partial charge < -0.3 is 39.0 Å². The summed E-state index contributed by atoms with van der Waals surface area (Å²) in [5, 5.41) is 31.5. The Morgan fingerprint density at radius 1 is 0.430 bits per heavy atom. The zero-order chi connectivity index (χ0) is 57.5. The Morgan fingerprint density at radius 2 is 0.797 bits per heavy atom. The van der Waals surface area contributed by atoms with Crippen LogP contribution in [0.15, 0.2) is 97.2 Å². The molecule has 0 saturated carbocycles. The lowest BCUT2D eigenvalue weighted by Crippen LogP contribution is -2.61. The molecule has 6 atom stereocenters. The van der Waals surface area contributed by atoms with Crippen molar-refractivity contribution in [3.05, 3.63) is 97.2 Å². The SMILES string of the molecule is CC/C=C\C/C=C\C/C=C\C/C=C\CCCCCCC(=O)OCC(COC1OC(C(=O)O)C(O)C(O)C1OC(=O)CCCCCCCCCCCCCCCCC)OC(=O)CCCCCC/C=C\C/C=C\C/C=C\C/C=C\CC. The molecule has 1 aliphatic heterocycles. The van der Waals surface area contributed by atoms with E-state index in [0.717, 1.165) is 128 Å². The number of unbranched alkanes of at least 4 members (excludes halogenated alkanes) is 22. The van der Waals surface area contributed by atoms with Gasteiger partial charge in [0.25, 0.3) is 0 Å². The number of aliphatic hydroxyl groups is 2. The molecule has 3 N–H and O–H groups in total. The van der Waals surface area contributed by atoms with Crippen LogP contribution in [0.5, 0.6) is 0 Å². The van der Waals surface area contributed by atoms with Crippen LogP contribution in [0.25, 0.3) is 0 Å². The van der Waals surface area contributed by atoms with Crippen LogP contribution in [0.4, 0.5) is 0 Å². The van der Waals surface area contributed by atoms with E-state index in [-0.39, 0.29) is 25.9 Å². The molecule has 0 aromatic heterocycles. The quantitative estimate of drug-likeness (QED) is 0.0228. The van der Waals surface area contributed by atoms with Crippen LogP contribution in [-0.2, 0) is 42.9 Å². The predicted octanol–water partition coefficient (Wildman–Crippen LogP) is 16.5. The van der Waals surface area contributed by atoms with Crippen molar-refractivity contribution in [2.45, 2.75) is 289 Å². The molecule has 12 nitrogen and oxygen atoms in total. The van der Waals surface area contributed by atoms with Gasteiger partial charge in [-0.3, -0.25) is 14.4 Å². The monoisotopic (exact) mass is 1110 g/mol. The number of allylic oxidation sites excluding steroid dienone is 16. The number of carboxylic acid groups (broad SMARTS) is 1. The van der Waals surface area contributed by atoms with E-state index in [0.29, 0.717) is 19.3 Å². The summed E-state index contributed by atoms with van der Waals surface area (Å²) in [7, 11) is 0. The molecule has 1 rings (SSSR count). The van der Waals surface area contributed by atoms with E-state index in [2.05, 4.69) is 118 Å². The number of hydrogen-bond acceptors (Lipinski definition) is 11. The number of rotatable bonds is 52. The van der Waals surface area contributed by atoms with Crippen LogP contribution in [0.2, 0.25) is 0 Å². The summed E-state index contributed by atoms with van der Waals surface area (Å²) in [6.07, 6.45) is 59.4. The molecule has 0 amide bonds. The molecule has 1 aliphatic rings. The highest BCUT2D eigenvalue weighted by Gasteiger charge is 2.50. The van der Waals surface area contributed by atoms with Gasteiger partial charge in [-0.2, -0.15) is 0 Å². The first kappa shape index (κ1) is 72.7. The summed E-state index contributed by atoms with van der Waals surface area (Å²) >= 11 is 0. The van der Waals surface area contributed by atoms with Crippen LogP contribution in [0, 0.1) is 0 Å². The smallest absolute Gasteiger partial charge is 0.335 e. The fraction of sp³-hybridized carbons (Fsp3) is 0.701. The van der Waals surface area contributed by atoms with Crippen molar-refractivity contribution >= 4 is 23.9 Å². The second-order valence-corrected chi connectivity index (χ2v) is 20.9. The highest BCUT2D eigenvalue weighted by Crippen LogP contribution is 2.26. The zero-order valence-corrected chi connectivity index (χ0v) is 49.6. The van der Waals surface area contributed by atoms with Gasteiger partial charge >= 0.3 is 23.9 Å². The molecule has 79 heavy (non-hydrogen) atoms. The van der Waals surface area contributed by atoms with E-state index in [4.69, 9.17) is 23.7 Å². The summed E-state index contributed by atoms with van der Waals surface area (Å²) in [6.45, 7) is 5.74. The maximum absolute atomic E-state index is 13.2. The van der Waals surface area contributed by atoms with E-state index in [1.807, 2.05) is 0 Å². The molecule has 1 fully saturated rings. The lowest BCUT2D eigenvalue weighted by molar-refractivity contribution is -0.301. The fourth-order valence-corrected chi connectivity index (χ4v) is 8.94. The second kappa shape index (κ2) is 54.2. The number of carboxylic acids is 1. The molecule has 6 unspecified atom stereocenters. The van der Waals surface area contributed by atoms with E-state index >= 15 is 0 Å². The van der Waals surface area contributed by atoms with Crippen molar-refractivity contribution in [1.82, 2.24) is 0 Å². The number of carbonyl (C=O) groups is 4. The average Bonchev–Trinajstić information content (AvgIpc) is 3.46. The maximum atomic E-state index is 13.2. The zero-order valence-electron chi connectivity index (χ0n) is 49.6. The Labute approximate surface area is 479 Å². The third kappa shape index (κ3) is 44.0. The van der Waals surface area contributed by atoms with Gasteiger partial charge in [0.05, 0.1) is 6.61 Å². The largest absolute Gasteiger partial charge is 0.479 e. The fourth-order valence-electron chi connectivity index (χ4n) is 8.94. The molecule has 1 heterocycles. The molecule has 0 spiro atoms. The maximum Gasteiger partial charge on any atom is 0.335 e. The minimum absolute atomic E-state index is 0.0541. The van der Waals surface area contributed by atoms with Crippen LogP contribution >= 0.6 is 0 Å². The molecular weight excluding hydrogens is 997 g/mol. The number of ether oxygens (including phenoxy) is 5. The van der Waals surface area contributed by atoms with Gasteiger partial charge in [-0.1, -0.05) is 234 Å². The second-order valence-electron chi connectivity index (χ2n) is 20.9. The normalized spacial score (nSPS) is 18.5. The Balaban J connectivity index is 2.71. The van der Waals surface area contributed by atoms with Crippen molar-refractivity contribution in [2.75, 3.05) is 13.2 Å². The Morgan fingerprint density at radius 3 is 1.22 bits per heavy atom. The van der Waals surface area contributed by atoms with Crippen molar-refractivity contribution in [1.29, 1.82) is 0 Å². The number of hydrogen-bond donors (Lipinski definition) is 3. The Kier molecular flexibility index (Phi) is 49.9. The molecule has 450 valence electrons. The molecular formula is C67H110O12. The van der Waals surface area contributed by atoms with Crippen LogP contribution in [0.1, 0.15) is 252 Å². The van der Waals surface area contributed by atoms with Crippen molar-refractivity contribution in [2.24, 2.45) is 0 Å². The van der Waals surface area contributed by atoms with E-state index in [1.165, 1.54) is 64.2 Å². The minimum Gasteiger partial charge on any atom is -0.479 e. The van der Waals surface area contributed by atoms with Gasteiger partial charge in [-0.25, -0.2) is 4.79 Å². The van der Waals surface area contributed by atoms with Gasteiger partial charge in [0.1, 0.15) is 18.8 Å². The van der Waals surface area contributed by atoms with E-state index < -0.39 is 67.3 Å². The van der Waals surface area contributed by atoms with Crippen molar-refractivity contribution in [3.63, 3.8) is 0 Å². The van der Waals surface area contributed by atoms with Gasteiger partial charge in [0.2, 0.25) is 0 Å². The number of esters is 3. The van der Waals surface area contributed by atoms with Crippen LogP contribution < -0.4 is 0 Å². The van der Waals surface area contributed by atoms with E-state index in [1.54, 1.807) is 0 Å². The molecule has 0 bridgehead atoms. The topological polar surface area (TPSA) is 175 Å². The first-order valence-electron chi connectivity index (χ1n) is 31.2. The number of carbonyl (C=O) groups excluding carboxylic acids is 3. The molecule has 12 heteroatoms. The number of aliphatic carboxylic acids is 1. The third-order valence-electron chi connectivity index (χ3n) is 13.7. The third-order valence-corrected chi connectivity index (χ3v) is 13.7. The molecule has 0 aliphatic carbocycles. The average molecular weight is 1110 g/mol. The van der Waals surface area contributed by atoms with Gasteiger partial charge in [-0.05, 0) is 96.3 Å². The summed E-state index contributed by atoms with van der Waals surface area (Å²) in [6, 6.07) is 0. The Bertz CT molecular complexity index is 1740. The lowest BCUT2D eigenvalue weighted by Gasteiger charge is -2.40. The van der Waals surface area contributed by atoms with Gasteiger partial charge in [0, 0.05) is 19.3 Å². The first-order valence-corrected chi connectivity index (χ1v) is 31.2. The molecule has 0 aromatic rings. The van der Waals surface area contributed by atoms with Crippen LogP contribution in [-0.4, -0.2) is 89.2 Å². The first-order chi connectivity index (χ1) is 38.6. The standard InChI is InChI=1S/C67H110O12/c1-4-7-10-13-16-19-22-25-28-30-33-35-38-41-44-47-50-53-59(68)75-56-58(77-60(69)54-51-48-45-42-39-37-34-31-29-26-23-20-17-14-11-8-5-2)57-76-67-65(63(72)62(71)64(79-67)66(73)74)78-61(70)55-52-49-46-43-40-36-32-27-24-21-18-15-12-9-6-3/h7-8,10-11,16-17,19-20,25-26,28-29,33-35,37,58,62-65,67,71-72H,4-6,9,12-15,18,21-24,27,30-32,36,38-57H2,1-3H3,(H,73,74)/b10-7-,11-8-,19-16-,20-17-,28-25-,29-26-,35-33-,37-34-. The summed E-state index contributed by atoms with van der Waals surface area (Å²) in [5.74, 6) is -3.18. The van der Waals surface area contributed by atoms with Crippen LogP contribution in [0.3, 0.4) is 0 Å². The van der Waals surface area contributed by atoms with Gasteiger partial charge in [-0.15, -0.1) is 0 Å². The van der Waals surface area contributed by atoms with Crippen molar-refractivity contribution < 1.29 is 58.2 Å². The minimum atomic E-state index is -1.91. The highest BCUT2D eigenvalue weighted by molar-refractivity contribution is 5.74. The summed E-state index contributed by atoms with van der Waals surface area (Å²) in [5.41, 5.74) is 0. The lowest BCUT2D eigenvalue weighted by atomic mass is 9.98. The Hall–Kier alpha value is -4.36. The molecule has 0 radical (unpaired) electrons. The predicted molar refractivity (Wildman–Crippen MR) is 321 cm³/mol. The van der Waals surface area contributed by atoms with Crippen molar-refractivity contribution in [3.8, 4) is 0 Å². The van der Waals surface area contributed by atoms with Gasteiger partial charge in [0.15, 0.2) is 24.6 Å². The highest BCUT2D eigenvalue weighted by atomic mass is 16.7. The molecule has 0 aromatic carbocycles. The number of aliphatic hydroxyl groups excluding tert-OH is 2. The molecule has 1 saturated heterocycles.